The number of carbonyl (C=O) groups excluding carboxylic acids is 1. The Hall–Kier alpha value is -2.73. The van der Waals surface area contributed by atoms with Crippen LogP contribution in [0.25, 0.3) is 0 Å². The summed E-state index contributed by atoms with van der Waals surface area (Å²) in [6, 6.07) is 15.5. The molecular formula is C24H31N2O4+. The van der Waals surface area contributed by atoms with Crippen molar-refractivity contribution in [1.29, 1.82) is 0 Å². The molecule has 0 aliphatic heterocycles. The van der Waals surface area contributed by atoms with E-state index in [0.717, 1.165) is 31.4 Å². The third-order valence-corrected chi connectivity index (χ3v) is 6.00. The van der Waals surface area contributed by atoms with Crippen molar-refractivity contribution in [2.75, 3.05) is 20.6 Å². The zero-order chi connectivity index (χ0) is 21.6. The van der Waals surface area contributed by atoms with E-state index in [0.29, 0.717) is 5.56 Å². The zero-order valence-electron chi connectivity index (χ0n) is 17.8. The Morgan fingerprint density at radius 1 is 1.07 bits per heavy atom. The van der Waals surface area contributed by atoms with Crippen molar-refractivity contribution < 1.29 is 19.4 Å². The Bertz CT molecular complexity index is 843. The third-order valence-electron chi connectivity index (χ3n) is 6.00. The van der Waals surface area contributed by atoms with E-state index in [9.17, 15) is 14.9 Å². The van der Waals surface area contributed by atoms with Crippen molar-refractivity contribution in [1.82, 2.24) is 0 Å². The smallest absolute Gasteiger partial charge is 0.338 e. The molecule has 0 radical (unpaired) electrons. The largest absolute Gasteiger partial charge is 0.454 e. The molecule has 3 rings (SSSR count). The van der Waals surface area contributed by atoms with Crippen LogP contribution in [0.15, 0.2) is 54.6 Å². The van der Waals surface area contributed by atoms with Gasteiger partial charge in [0.25, 0.3) is 5.69 Å². The number of carbonyl (C=O) groups is 1. The summed E-state index contributed by atoms with van der Waals surface area (Å²) in [5.74, 6) is -0.443. The predicted molar refractivity (Wildman–Crippen MR) is 116 cm³/mol. The monoisotopic (exact) mass is 411 g/mol. The highest BCUT2D eigenvalue weighted by Gasteiger charge is 2.38. The van der Waals surface area contributed by atoms with Gasteiger partial charge in [-0.15, -0.1) is 0 Å². The van der Waals surface area contributed by atoms with Crippen LogP contribution in [0, 0.1) is 15.5 Å². The number of ether oxygens (including phenoxy) is 1. The van der Waals surface area contributed by atoms with Crippen molar-refractivity contribution in [3.05, 3.63) is 75.8 Å². The third kappa shape index (κ3) is 5.66. The topological polar surface area (TPSA) is 73.9 Å². The Balaban J connectivity index is 1.83. The minimum absolute atomic E-state index is 0.0405. The van der Waals surface area contributed by atoms with Gasteiger partial charge in [0.15, 0.2) is 0 Å². The SMILES string of the molecule is C[NH+](C)CC1(C[C@H](OC(=O)c2ccc([N+](=O)[O-])cc2)c2ccccc2)CCCCC1. The van der Waals surface area contributed by atoms with Gasteiger partial charge in [0.1, 0.15) is 6.10 Å². The minimum atomic E-state index is -0.474. The van der Waals surface area contributed by atoms with Crippen LogP contribution >= 0.6 is 0 Å². The average Bonchev–Trinajstić information content (AvgIpc) is 2.74. The van der Waals surface area contributed by atoms with Crippen LogP contribution in [0.2, 0.25) is 0 Å². The van der Waals surface area contributed by atoms with Crippen LogP contribution in [0.1, 0.15) is 60.6 Å². The fraction of sp³-hybridized carbons (Fsp3) is 0.458. The van der Waals surface area contributed by atoms with E-state index >= 15 is 0 Å². The first-order valence-corrected chi connectivity index (χ1v) is 10.7. The van der Waals surface area contributed by atoms with Crippen LogP contribution in [0.5, 0.6) is 0 Å². The second-order valence-electron chi connectivity index (χ2n) is 8.76. The standard InChI is InChI=1S/C24H30N2O4/c1-25(2)18-24(15-7-4-8-16-24)17-22(19-9-5-3-6-10-19)30-23(27)20-11-13-21(14-12-20)26(28)29/h3,5-6,9-14,22H,4,7-8,15-18H2,1-2H3/p+1/t22-/m0/s1. The molecule has 0 bridgehead atoms. The van der Waals surface area contributed by atoms with Gasteiger partial charge < -0.3 is 9.64 Å². The zero-order valence-corrected chi connectivity index (χ0v) is 17.8. The molecule has 1 saturated carbocycles. The van der Waals surface area contributed by atoms with Crippen LogP contribution in [0.3, 0.4) is 0 Å². The molecule has 0 aromatic heterocycles. The molecule has 6 heteroatoms. The first-order valence-electron chi connectivity index (χ1n) is 10.7. The predicted octanol–water partition coefficient (Wildman–Crippen LogP) is 3.98. The summed E-state index contributed by atoms with van der Waals surface area (Å²) >= 11 is 0. The molecule has 6 nitrogen and oxygen atoms in total. The lowest BCUT2D eigenvalue weighted by molar-refractivity contribution is -0.866. The lowest BCUT2D eigenvalue weighted by Gasteiger charge is -2.39. The number of quaternary nitrogens is 1. The van der Waals surface area contributed by atoms with Gasteiger partial charge in [-0.05, 0) is 37.0 Å². The molecule has 2 aromatic rings. The fourth-order valence-electron chi connectivity index (χ4n) is 4.71. The highest BCUT2D eigenvalue weighted by atomic mass is 16.6. The number of rotatable bonds is 8. The Labute approximate surface area is 178 Å². The maximum atomic E-state index is 12.9. The molecule has 0 spiro atoms. The summed E-state index contributed by atoms with van der Waals surface area (Å²) in [7, 11) is 4.35. The molecular weight excluding hydrogens is 380 g/mol. The van der Waals surface area contributed by atoms with Gasteiger partial charge in [-0.2, -0.15) is 0 Å². The van der Waals surface area contributed by atoms with Crippen LogP contribution in [-0.2, 0) is 4.74 Å². The number of nitrogens with one attached hydrogen (secondary N) is 1. The van der Waals surface area contributed by atoms with Gasteiger partial charge in [0.05, 0.1) is 31.1 Å². The van der Waals surface area contributed by atoms with E-state index in [1.54, 1.807) is 0 Å². The van der Waals surface area contributed by atoms with Gasteiger partial charge in [-0.25, -0.2) is 4.79 Å². The average molecular weight is 412 g/mol. The van der Waals surface area contributed by atoms with E-state index in [-0.39, 0.29) is 17.2 Å². The Morgan fingerprint density at radius 3 is 2.27 bits per heavy atom. The lowest BCUT2D eigenvalue weighted by atomic mass is 9.69. The molecule has 1 fully saturated rings. The molecule has 1 aliphatic carbocycles. The molecule has 1 aliphatic rings. The number of non-ortho nitro benzene ring substituents is 1. The molecule has 2 aromatic carbocycles. The van der Waals surface area contributed by atoms with Crippen molar-refractivity contribution in [2.24, 2.45) is 5.41 Å². The van der Waals surface area contributed by atoms with E-state index in [4.69, 9.17) is 4.74 Å². The molecule has 0 heterocycles. The molecule has 1 atom stereocenters. The van der Waals surface area contributed by atoms with Crippen LogP contribution < -0.4 is 4.90 Å². The number of benzene rings is 2. The van der Waals surface area contributed by atoms with Crippen molar-refractivity contribution in [2.45, 2.75) is 44.6 Å². The fourth-order valence-corrected chi connectivity index (χ4v) is 4.71. The summed E-state index contributed by atoms with van der Waals surface area (Å²) in [5.41, 5.74) is 1.43. The molecule has 0 unspecified atom stereocenters. The van der Waals surface area contributed by atoms with Gasteiger partial charge in [0.2, 0.25) is 0 Å². The summed E-state index contributed by atoms with van der Waals surface area (Å²) in [6.07, 6.45) is 6.44. The summed E-state index contributed by atoms with van der Waals surface area (Å²) in [6.45, 7) is 1.05. The Kier molecular flexibility index (Phi) is 7.21. The summed E-state index contributed by atoms with van der Waals surface area (Å²) in [5, 5.41) is 10.9. The summed E-state index contributed by atoms with van der Waals surface area (Å²) < 4.78 is 6.01. The quantitative estimate of drug-likeness (QED) is 0.405. The molecule has 160 valence electrons. The maximum absolute atomic E-state index is 12.9. The Morgan fingerprint density at radius 2 is 1.70 bits per heavy atom. The molecule has 0 amide bonds. The van der Waals surface area contributed by atoms with E-state index in [2.05, 4.69) is 14.1 Å². The normalized spacial score (nSPS) is 16.8. The van der Waals surface area contributed by atoms with E-state index < -0.39 is 10.9 Å². The molecule has 0 saturated heterocycles. The highest BCUT2D eigenvalue weighted by Crippen LogP contribution is 2.43. The van der Waals surface area contributed by atoms with Crippen molar-refractivity contribution in [3.63, 3.8) is 0 Å². The van der Waals surface area contributed by atoms with E-state index in [1.807, 2.05) is 30.3 Å². The number of hydrogen-bond donors (Lipinski definition) is 1. The summed E-state index contributed by atoms with van der Waals surface area (Å²) in [4.78, 5) is 24.7. The van der Waals surface area contributed by atoms with E-state index in [1.165, 1.54) is 48.4 Å². The number of nitro benzene ring substituents is 1. The maximum Gasteiger partial charge on any atom is 0.338 e. The highest BCUT2D eigenvalue weighted by molar-refractivity contribution is 5.89. The minimum Gasteiger partial charge on any atom is -0.454 e. The number of hydrogen-bond acceptors (Lipinski definition) is 4. The molecule has 30 heavy (non-hydrogen) atoms. The van der Waals surface area contributed by atoms with Crippen molar-refractivity contribution in [3.8, 4) is 0 Å². The van der Waals surface area contributed by atoms with Gasteiger partial charge in [-0.1, -0.05) is 49.6 Å². The first kappa shape index (κ1) is 22.0. The number of nitrogens with zero attached hydrogens (tertiary/aromatic N) is 1. The first-order chi connectivity index (χ1) is 14.4. The van der Waals surface area contributed by atoms with Crippen LogP contribution in [0.4, 0.5) is 5.69 Å². The van der Waals surface area contributed by atoms with Crippen LogP contribution in [-0.4, -0.2) is 31.5 Å². The lowest BCUT2D eigenvalue weighted by Crippen LogP contribution is -3.07. The second-order valence-corrected chi connectivity index (χ2v) is 8.76. The van der Waals surface area contributed by atoms with Gasteiger partial charge in [0, 0.05) is 17.5 Å². The second kappa shape index (κ2) is 9.85. The molecule has 1 N–H and O–H groups in total. The number of esters is 1. The van der Waals surface area contributed by atoms with Gasteiger partial charge >= 0.3 is 5.97 Å². The van der Waals surface area contributed by atoms with Crippen molar-refractivity contribution >= 4 is 11.7 Å². The number of nitro groups is 1. The van der Waals surface area contributed by atoms with Gasteiger partial charge in [-0.3, -0.25) is 10.1 Å².